The molecule has 0 bridgehead atoms. The van der Waals surface area contributed by atoms with Gasteiger partial charge in [-0.05, 0) is 92.1 Å². The minimum absolute atomic E-state index is 0.0760. The lowest BCUT2D eigenvalue weighted by Crippen LogP contribution is -2.12. The molecule has 0 aliphatic heterocycles. The van der Waals surface area contributed by atoms with Crippen LogP contribution in [0.3, 0.4) is 0 Å². The number of aryl methyl sites for hydroxylation is 3. The summed E-state index contributed by atoms with van der Waals surface area (Å²) in [6.45, 7) is 5.74. The summed E-state index contributed by atoms with van der Waals surface area (Å²) in [6.07, 6.45) is 0. The molecular weight excluding hydrogens is 402 g/mol. The van der Waals surface area contributed by atoms with E-state index in [2.05, 4.69) is 0 Å². The van der Waals surface area contributed by atoms with Crippen LogP contribution in [0.25, 0.3) is 0 Å². The van der Waals surface area contributed by atoms with Crippen LogP contribution in [0.4, 0.5) is 17.1 Å². The highest BCUT2D eigenvalue weighted by atomic mass is 16.5. The number of aromatic hydroxyl groups is 3. The Morgan fingerprint density at radius 2 is 1.19 bits per heavy atom. The second-order valence-electron chi connectivity index (χ2n) is 7.84. The molecule has 4 aromatic carbocycles. The van der Waals surface area contributed by atoms with Gasteiger partial charge in [-0.1, -0.05) is 24.3 Å². The van der Waals surface area contributed by atoms with E-state index >= 15 is 0 Å². The Labute approximate surface area is 187 Å². The van der Waals surface area contributed by atoms with Crippen LogP contribution in [0.1, 0.15) is 16.7 Å². The normalized spacial score (nSPS) is 10.7. The van der Waals surface area contributed by atoms with Crippen LogP contribution in [0.15, 0.2) is 78.9 Å². The third-order valence-electron chi connectivity index (χ3n) is 5.23. The van der Waals surface area contributed by atoms with E-state index in [1.807, 2.05) is 69.3 Å². The molecule has 5 nitrogen and oxygen atoms in total. The topological polar surface area (TPSA) is 73.2 Å². The third kappa shape index (κ3) is 4.18. The highest BCUT2D eigenvalue weighted by Gasteiger charge is 2.23. The van der Waals surface area contributed by atoms with Crippen LogP contribution in [-0.2, 0) is 0 Å². The lowest BCUT2D eigenvalue weighted by molar-refractivity contribution is 0.460. The van der Waals surface area contributed by atoms with Gasteiger partial charge in [0.25, 0.3) is 0 Å². The predicted octanol–water partition coefficient (Wildman–Crippen LogP) is 6.99. The van der Waals surface area contributed by atoms with E-state index in [1.165, 1.54) is 0 Å². The third-order valence-corrected chi connectivity index (χ3v) is 5.23. The number of benzene rings is 4. The zero-order valence-electron chi connectivity index (χ0n) is 18.2. The second kappa shape index (κ2) is 8.55. The predicted molar refractivity (Wildman–Crippen MR) is 127 cm³/mol. The molecular formula is C27H25NO4. The summed E-state index contributed by atoms with van der Waals surface area (Å²) in [4.78, 5) is 1.79. The van der Waals surface area contributed by atoms with E-state index in [0.717, 1.165) is 16.7 Å². The zero-order valence-corrected chi connectivity index (χ0v) is 18.2. The van der Waals surface area contributed by atoms with Crippen molar-refractivity contribution in [1.29, 1.82) is 0 Å². The molecule has 0 radical (unpaired) electrons. The molecule has 0 saturated carbocycles. The molecule has 5 heteroatoms. The average Bonchev–Trinajstić information content (AvgIpc) is 2.76. The van der Waals surface area contributed by atoms with E-state index in [9.17, 15) is 15.3 Å². The molecule has 0 atom stereocenters. The van der Waals surface area contributed by atoms with Crippen LogP contribution < -0.4 is 9.64 Å². The molecule has 32 heavy (non-hydrogen) atoms. The largest absolute Gasteiger partial charge is 0.508 e. The molecule has 0 heterocycles. The number of anilines is 3. The summed E-state index contributed by atoms with van der Waals surface area (Å²) >= 11 is 0. The van der Waals surface area contributed by atoms with Crippen molar-refractivity contribution in [1.82, 2.24) is 0 Å². The van der Waals surface area contributed by atoms with Gasteiger partial charge in [-0.2, -0.15) is 0 Å². The first-order valence-electron chi connectivity index (χ1n) is 10.3. The first-order chi connectivity index (χ1) is 15.3. The van der Waals surface area contributed by atoms with Crippen molar-refractivity contribution in [2.75, 3.05) is 4.90 Å². The zero-order chi connectivity index (χ0) is 22.8. The smallest absolute Gasteiger partial charge is 0.151 e. The molecule has 0 aliphatic rings. The van der Waals surface area contributed by atoms with Gasteiger partial charge in [-0.25, -0.2) is 0 Å². The van der Waals surface area contributed by atoms with Crippen LogP contribution in [0.2, 0.25) is 0 Å². The van der Waals surface area contributed by atoms with E-state index in [0.29, 0.717) is 28.6 Å². The van der Waals surface area contributed by atoms with E-state index < -0.39 is 0 Å². The van der Waals surface area contributed by atoms with Gasteiger partial charge in [0.05, 0.1) is 17.1 Å². The number of ether oxygens (including phenoxy) is 1. The maximum absolute atomic E-state index is 10.8. The molecule has 0 saturated heterocycles. The minimum atomic E-state index is 0.0760. The fourth-order valence-electron chi connectivity index (χ4n) is 3.61. The lowest BCUT2D eigenvalue weighted by atomic mass is 10.1. The molecule has 0 aliphatic carbocycles. The van der Waals surface area contributed by atoms with Gasteiger partial charge in [-0.15, -0.1) is 0 Å². The number of phenolic OH excluding ortho intramolecular Hbond substituents is 3. The van der Waals surface area contributed by atoms with Crippen molar-refractivity contribution >= 4 is 17.1 Å². The summed E-state index contributed by atoms with van der Waals surface area (Å²) in [5.41, 5.74) is 4.38. The molecule has 0 amide bonds. The Balaban J connectivity index is 1.93. The highest BCUT2D eigenvalue weighted by molar-refractivity contribution is 5.86. The summed E-state index contributed by atoms with van der Waals surface area (Å²) < 4.78 is 6.24. The lowest BCUT2D eigenvalue weighted by Gasteiger charge is -2.29. The molecule has 162 valence electrons. The first-order valence-corrected chi connectivity index (χ1v) is 10.3. The quantitative estimate of drug-likeness (QED) is 0.320. The number of hydrogen-bond donors (Lipinski definition) is 3. The maximum Gasteiger partial charge on any atom is 0.151 e. The second-order valence-corrected chi connectivity index (χ2v) is 7.84. The molecule has 3 N–H and O–H groups in total. The van der Waals surface area contributed by atoms with Crippen LogP contribution >= 0.6 is 0 Å². The van der Waals surface area contributed by atoms with E-state index in [4.69, 9.17) is 4.74 Å². The van der Waals surface area contributed by atoms with Gasteiger partial charge in [0.15, 0.2) is 5.75 Å². The van der Waals surface area contributed by atoms with Crippen molar-refractivity contribution in [3.8, 4) is 28.7 Å². The Bertz CT molecular complexity index is 1230. The van der Waals surface area contributed by atoms with Gasteiger partial charge in [0, 0.05) is 0 Å². The number of nitrogens with zero attached hydrogens (tertiary/aromatic N) is 1. The average molecular weight is 428 g/mol. The summed E-state index contributed by atoms with van der Waals surface area (Å²) in [5, 5.41) is 31.2. The van der Waals surface area contributed by atoms with Gasteiger partial charge < -0.3 is 20.1 Å². The van der Waals surface area contributed by atoms with Crippen molar-refractivity contribution in [3.05, 3.63) is 95.6 Å². The van der Waals surface area contributed by atoms with Gasteiger partial charge >= 0.3 is 0 Å². The Hall–Kier alpha value is -4.12. The fourth-order valence-corrected chi connectivity index (χ4v) is 3.61. The van der Waals surface area contributed by atoms with Gasteiger partial charge in [0.2, 0.25) is 0 Å². The molecule has 0 aromatic heterocycles. The van der Waals surface area contributed by atoms with Crippen molar-refractivity contribution in [2.24, 2.45) is 0 Å². The fraction of sp³-hybridized carbons (Fsp3) is 0.111. The highest BCUT2D eigenvalue weighted by Crippen LogP contribution is 2.48. The van der Waals surface area contributed by atoms with Crippen molar-refractivity contribution in [2.45, 2.75) is 20.8 Å². The molecule has 4 aromatic rings. The first kappa shape index (κ1) is 21.1. The van der Waals surface area contributed by atoms with E-state index in [1.54, 1.807) is 35.2 Å². The number of para-hydroxylation sites is 2. The number of rotatable bonds is 5. The molecule has 0 fully saturated rings. The molecule has 4 rings (SSSR count). The Morgan fingerprint density at radius 3 is 1.78 bits per heavy atom. The molecule has 0 spiro atoms. The Morgan fingerprint density at radius 1 is 0.594 bits per heavy atom. The molecule has 0 unspecified atom stereocenters. The van der Waals surface area contributed by atoms with Crippen LogP contribution in [-0.4, -0.2) is 15.3 Å². The summed E-state index contributed by atoms with van der Waals surface area (Å²) in [6, 6.07) is 23.0. The SMILES string of the molecule is Cc1ccc(O)c(N(c2cc(C)ccc2O)c2ccccc2Oc2ccc(O)cc2C)c1. The number of phenols is 3. The van der Waals surface area contributed by atoms with Crippen LogP contribution in [0, 0.1) is 20.8 Å². The Kier molecular flexibility index (Phi) is 5.65. The van der Waals surface area contributed by atoms with Crippen molar-refractivity contribution in [3.63, 3.8) is 0 Å². The number of hydrogen-bond acceptors (Lipinski definition) is 5. The van der Waals surface area contributed by atoms with Gasteiger partial charge in [-0.3, -0.25) is 4.90 Å². The summed E-state index contributed by atoms with van der Waals surface area (Å²) in [5.74, 6) is 1.44. The maximum atomic E-state index is 10.8. The summed E-state index contributed by atoms with van der Waals surface area (Å²) in [7, 11) is 0. The van der Waals surface area contributed by atoms with Gasteiger partial charge in [0.1, 0.15) is 23.0 Å². The van der Waals surface area contributed by atoms with E-state index in [-0.39, 0.29) is 17.2 Å². The monoisotopic (exact) mass is 427 g/mol. The minimum Gasteiger partial charge on any atom is -0.508 e. The van der Waals surface area contributed by atoms with Crippen molar-refractivity contribution < 1.29 is 20.1 Å². The standard InChI is InChI=1S/C27H25NO4/c1-17-8-11-24(30)22(14-17)28(23-15-18(2)9-12-25(23)31)21-6-4-5-7-27(21)32-26-13-10-20(29)16-19(26)3/h4-16,29-31H,1-3H3. The van der Waals surface area contributed by atoms with Crippen LogP contribution in [0.5, 0.6) is 28.7 Å².